The highest BCUT2D eigenvalue weighted by Gasteiger charge is 2.12. The molecule has 0 spiro atoms. The zero-order chi connectivity index (χ0) is 14.0. The second-order valence-electron chi connectivity index (χ2n) is 4.15. The summed E-state index contributed by atoms with van der Waals surface area (Å²) in [5.41, 5.74) is 6.83. The first-order valence-electron chi connectivity index (χ1n) is 5.65. The number of rotatable bonds is 3. The van der Waals surface area contributed by atoms with E-state index in [2.05, 4.69) is 15.9 Å². The van der Waals surface area contributed by atoms with Crippen molar-refractivity contribution < 1.29 is 8.78 Å². The zero-order valence-corrected chi connectivity index (χ0v) is 12.6. The molecule has 0 fully saturated rings. The van der Waals surface area contributed by atoms with Crippen molar-refractivity contribution in [2.75, 3.05) is 0 Å². The van der Waals surface area contributed by atoms with Crippen molar-refractivity contribution in [1.29, 1.82) is 0 Å². The number of halogens is 3. The predicted octanol–water partition coefficient (Wildman–Crippen LogP) is 4.90. The molecule has 0 aliphatic carbocycles. The van der Waals surface area contributed by atoms with Gasteiger partial charge in [-0.1, -0.05) is 27.7 Å². The van der Waals surface area contributed by atoms with Gasteiger partial charge in [-0.3, -0.25) is 0 Å². The lowest BCUT2D eigenvalue weighted by molar-refractivity contribution is 0.565. The van der Waals surface area contributed by atoms with Gasteiger partial charge in [-0.05, 0) is 42.8 Å². The van der Waals surface area contributed by atoms with E-state index >= 15 is 0 Å². The molecule has 0 aliphatic rings. The Morgan fingerprint density at radius 3 is 2.42 bits per heavy atom. The standard InChI is InChI=1S/C14H12BrF2NS/c1-8(18)11-6-9(15)2-4-13(11)19-14-5-3-10(16)7-12(14)17/h2-8H,18H2,1H3. The van der Waals surface area contributed by atoms with Gasteiger partial charge in [0.2, 0.25) is 0 Å². The van der Waals surface area contributed by atoms with Gasteiger partial charge < -0.3 is 5.73 Å². The number of benzene rings is 2. The van der Waals surface area contributed by atoms with Crippen LogP contribution in [0.15, 0.2) is 50.7 Å². The summed E-state index contributed by atoms with van der Waals surface area (Å²) in [4.78, 5) is 1.24. The van der Waals surface area contributed by atoms with E-state index in [0.29, 0.717) is 4.90 Å². The molecular weight excluding hydrogens is 332 g/mol. The minimum Gasteiger partial charge on any atom is -0.324 e. The molecule has 100 valence electrons. The average molecular weight is 344 g/mol. The molecule has 1 unspecified atom stereocenters. The first-order valence-corrected chi connectivity index (χ1v) is 7.26. The molecule has 1 atom stereocenters. The van der Waals surface area contributed by atoms with E-state index in [9.17, 15) is 8.78 Å². The van der Waals surface area contributed by atoms with Crippen LogP contribution in [0.1, 0.15) is 18.5 Å². The largest absolute Gasteiger partial charge is 0.324 e. The third-order valence-electron chi connectivity index (χ3n) is 2.58. The van der Waals surface area contributed by atoms with Gasteiger partial charge in [0.05, 0.1) is 0 Å². The van der Waals surface area contributed by atoms with E-state index < -0.39 is 11.6 Å². The molecule has 5 heteroatoms. The highest BCUT2D eigenvalue weighted by atomic mass is 79.9. The van der Waals surface area contributed by atoms with Crippen molar-refractivity contribution in [3.63, 3.8) is 0 Å². The Hall–Kier alpha value is -0.910. The Bertz CT molecular complexity index is 602. The van der Waals surface area contributed by atoms with E-state index in [1.54, 1.807) is 0 Å². The number of hydrogen-bond acceptors (Lipinski definition) is 2. The van der Waals surface area contributed by atoms with Crippen LogP contribution >= 0.6 is 27.7 Å². The monoisotopic (exact) mass is 343 g/mol. The van der Waals surface area contributed by atoms with Crippen molar-refractivity contribution >= 4 is 27.7 Å². The summed E-state index contributed by atoms with van der Waals surface area (Å²) < 4.78 is 27.4. The Labute approximate surface area is 123 Å². The van der Waals surface area contributed by atoms with Crippen molar-refractivity contribution in [2.45, 2.75) is 22.8 Å². The van der Waals surface area contributed by atoms with Crippen LogP contribution in [0.4, 0.5) is 8.78 Å². The average Bonchev–Trinajstić information content (AvgIpc) is 2.34. The Kier molecular flexibility index (Phi) is 4.60. The highest BCUT2D eigenvalue weighted by molar-refractivity contribution is 9.10. The zero-order valence-electron chi connectivity index (χ0n) is 10.2. The van der Waals surface area contributed by atoms with Crippen molar-refractivity contribution in [3.05, 3.63) is 58.1 Å². The van der Waals surface area contributed by atoms with E-state index in [0.717, 1.165) is 21.0 Å². The van der Waals surface area contributed by atoms with Crippen LogP contribution in [0.25, 0.3) is 0 Å². The molecule has 2 N–H and O–H groups in total. The molecular formula is C14H12BrF2NS. The SMILES string of the molecule is CC(N)c1cc(Br)ccc1Sc1ccc(F)cc1F. The minimum absolute atomic E-state index is 0.163. The Morgan fingerprint density at radius 2 is 1.79 bits per heavy atom. The highest BCUT2D eigenvalue weighted by Crippen LogP contribution is 2.35. The fourth-order valence-corrected chi connectivity index (χ4v) is 3.05. The predicted molar refractivity (Wildman–Crippen MR) is 77.2 cm³/mol. The van der Waals surface area contributed by atoms with Crippen LogP contribution < -0.4 is 5.73 Å². The maximum Gasteiger partial charge on any atom is 0.140 e. The van der Waals surface area contributed by atoms with Gasteiger partial charge >= 0.3 is 0 Å². The van der Waals surface area contributed by atoms with Crippen LogP contribution in [0, 0.1) is 11.6 Å². The van der Waals surface area contributed by atoms with Crippen molar-refractivity contribution in [3.8, 4) is 0 Å². The summed E-state index contributed by atoms with van der Waals surface area (Å²) in [6.45, 7) is 1.87. The lowest BCUT2D eigenvalue weighted by Gasteiger charge is -2.13. The quantitative estimate of drug-likeness (QED) is 0.857. The maximum absolute atomic E-state index is 13.6. The van der Waals surface area contributed by atoms with Crippen molar-refractivity contribution in [1.82, 2.24) is 0 Å². The molecule has 2 aromatic carbocycles. The molecule has 0 radical (unpaired) electrons. The van der Waals surface area contributed by atoms with Crippen molar-refractivity contribution in [2.24, 2.45) is 5.73 Å². The normalized spacial score (nSPS) is 12.5. The summed E-state index contributed by atoms with van der Waals surface area (Å²) in [6.07, 6.45) is 0. The number of hydrogen-bond donors (Lipinski definition) is 1. The second kappa shape index (κ2) is 6.03. The molecule has 19 heavy (non-hydrogen) atoms. The van der Waals surface area contributed by atoms with E-state index in [1.165, 1.54) is 23.9 Å². The second-order valence-corrected chi connectivity index (χ2v) is 6.15. The first kappa shape index (κ1) is 14.5. The maximum atomic E-state index is 13.6. The van der Waals surface area contributed by atoms with Crippen LogP contribution in [0.5, 0.6) is 0 Å². The fraction of sp³-hybridized carbons (Fsp3) is 0.143. The molecule has 0 aliphatic heterocycles. The van der Waals surface area contributed by atoms with Gasteiger partial charge in [0.15, 0.2) is 0 Å². The molecule has 0 bridgehead atoms. The molecule has 0 saturated carbocycles. The smallest absolute Gasteiger partial charge is 0.140 e. The van der Waals surface area contributed by atoms with Gasteiger partial charge in [0.25, 0.3) is 0 Å². The number of nitrogens with two attached hydrogens (primary N) is 1. The lowest BCUT2D eigenvalue weighted by atomic mass is 10.1. The van der Waals surface area contributed by atoms with Gasteiger partial charge in [0.1, 0.15) is 11.6 Å². The molecule has 0 amide bonds. The van der Waals surface area contributed by atoms with Crippen LogP contribution in [0.2, 0.25) is 0 Å². The molecule has 2 aromatic rings. The molecule has 1 nitrogen and oxygen atoms in total. The summed E-state index contributed by atoms with van der Waals surface area (Å²) in [7, 11) is 0. The lowest BCUT2D eigenvalue weighted by Crippen LogP contribution is -2.06. The third kappa shape index (κ3) is 3.55. The summed E-state index contributed by atoms with van der Waals surface area (Å²) in [5, 5.41) is 0. The van der Waals surface area contributed by atoms with Gasteiger partial charge in [0, 0.05) is 26.4 Å². The first-order chi connectivity index (χ1) is 8.97. The molecule has 0 heterocycles. The summed E-state index contributed by atoms with van der Waals surface area (Å²) in [6, 6.07) is 9.05. The van der Waals surface area contributed by atoms with E-state index in [4.69, 9.17) is 5.73 Å². The third-order valence-corrected chi connectivity index (χ3v) is 4.21. The van der Waals surface area contributed by atoms with Gasteiger partial charge in [-0.2, -0.15) is 0 Å². The summed E-state index contributed by atoms with van der Waals surface area (Å²) in [5.74, 6) is -1.14. The Balaban J connectivity index is 2.38. The van der Waals surface area contributed by atoms with Crippen LogP contribution in [0.3, 0.4) is 0 Å². The Morgan fingerprint density at radius 1 is 1.11 bits per heavy atom. The van der Waals surface area contributed by atoms with Gasteiger partial charge in [-0.15, -0.1) is 0 Å². The topological polar surface area (TPSA) is 26.0 Å². The molecule has 0 aromatic heterocycles. The minimum atomic E-state index is -0.579. The summed E-state index contributed by atoms with van der Waals surface area (Å²) >= 11 is 4.63. The van der Waals surface area contributed by atoms with Crippen LogP contribution in [-0.4, -0.2) is 0 Å². The van der Waals surface area contributed by atoms with Gasteiger partial charge in [-0.25, -0.2) is 8.78 Å². The fourth-order valence-electron chi connectivity index (χ4n) is 1.64. The van der Waals surface area contributed by atoms with E-state index in [1.807, 2.05) is 25.1 Å². The molecule has 2 rings (SSSR count). The molecule has 0 saturated heterocycles. The van der Waals surface area contributed by atoms with Crippen LogP contribution in [-0.2, 0) is 0 Å². The van der Waals surface area contributed by atoms with E-state index in [-0.39, 0.29) is 6.04 Å².